The summed E-state index contributed by atoms with van der Waals surface area (Å²) < 4.78 is 11.2. The van der Waals surface area contributed by atoms with Crippen molar-refractivity contribution in [3.8, 4) is 23.0 Å². The van der Waals surface area contributed by atoms with E-state index in [1.807, 2.05) is 18.2 Å². The molecule has 0 bridgehead atoms. The quantitative estimate of drug-likeness (QED) is 0.430. The van der Waals surface area contributed by atoms with Crippen LogP contribution in [0.1, 0.15) is 36.4 Å². The van der Waals surface area contributed by atoms with Crippen LogP contribution in [0, 0.1) is 13.8 Å². The molecule has 5 heteroatoms. The molecule has 4 rings (SSSR count). The SMILES string of the molecule is Cc1ccc(C(C)(C)c2ccc(Oc3cncc(-c4nc(C)no4)c3)cc2)cc1. The van der Waals surface area contributed by atoms with Crippen molar-refractivity contribution in [2.75, 3.05) is 0 Å². The van der Waals surface area contributed by atoms with Gasteiger partial charge in [0.25, 0.3) is 5.89 Å². The fraction of sp³-hybridized carbons (Fsp3) is 0.208. The van der Waals surface area contributed by atoms with E-state index < -0.39 is 0 Å². The van der Waals surface area contributed by atoms with Crippen molar-refractivity contribution < 1.29 is 9.26 Å². The van der Waals surface area contributed by atoms with E-state index in [0.29, 0.717) is 17.5 Å². The third-order valence-corrected chi connectivity index (χ3v) is 5.07. The molecular weight excluding hydrogens is 362 g/mol. The van der Waals surface area contributed by atoms with Gasteiger partial charge in [0.05, 0.1) is 11.8 Å². The molecule has 2 aromatic carbocycles. The van der Waals surface area contributed by atoms with Gasteiger partial charge in [0.1, 0.15) is 11.5 Å². The lowest BCUT2D eigenvalue weighted by molar-refractivity contribution is 0.425. The van der Waals surface area contributed by atoms with E-state index in [1.54, 1.807) is 19.3 Å². The summed E-state index contributed by atoms with van der Waals surface area (Å²) >= 11 is 0. The Hall–Kier alpha value is -3.47. The van der Waals surface area contributed by atoms with Crippen LogP contribution in [0.25, 0.3) is 11.5 Å². The van der Waals surface area contributed by atoms with Crippen LogP contribution in [0.4, 0.5) is 0 Å². The second kappa shape index (κ2) is 7.51. The van der Waals surface area contributed by atoms with E-state index in [-0.39, 0.29) is 5.41 Å². The Morgan fingerprint density at radius 2 is 1.48 bits per heavy atom. The molecule has 0 amide bonds. The first-order chi connectivity index (χ1) is 13.9. The van der Waals surface area contributed by atoms with Crippen molar-refractivity contribution in [1.29, 1.82) is 0 Å². The molecule has 0 aliphatic carbocycles. The van der Waals surface area contributed by atoms with Crippen LogP contribution in [-0.4, -0.2) is 15.1 Å². The predicted molar refractivity (Wildman–Crippen MR) is 112 cm³/mol. The van der Waals surface area contributed by atoms with Gasteiger partial charge in [0.2, 0.25) is 0 Å². The molecule has 2 heterocycles. The minimum atomic E-state index is -0.0937. The Morgan fingerprint density at radius 1 is 0.828 bits per heavy atom. The minimum Gasteiger partial charge on any atom is -0.456 e. The Balaban J connectivity index is 1.53. The fourth-order valence-electron chi connectivity index (χ4n) is 3.22. The second-order valence-electron chi connectivity index (χ2n) is 7.67. The summed E-state index contributed by atoms with van der Waals surface area (Å²) in [6.07, 6.45) is 3.34. The normalized spacial score (nSPS) is 11.4. The maximum Gasteiger partial charge on any atom is 0.259 e. The number of aryl methyl sites for hydroxylation is 2. The highest BCUT2D eigenvalue weighted by molar-refractivity contribution is 5.54. The van der Waals surface area contributed by atoms with Gasteiger partial charge in [0.15, 0.2) is 5.82 Å². The molecule has 2 aromatic heterocycles. The summed E-state index contributed by atoms with van der Waals surface area (Å²) in [6, 6.07) is 18.7. The highest BCUT2D eigenvalue weighted by Gasteiger charge is 2.23. The molecule has 29 heavy (non-hydrogen) atoms. The Morgan fingerprint density at radius 3 is 2.10 bits per heavy atom. The first kappa shape index (κ1) is 18.9. The van der Waals surface area contributed by atoms with E-state index in [4.69, 9.17) is 9.26 Å². The molecule has 0 spiro atoms. The van der Waals surface area contributed by atoms with Crippen LogP contribution < -0.4 is 4.74 Å². The molecule has 0 saturated heterocycles. The molecule has 4 aromatic rings. The summed E-state index contributed by atoms with van der Waals surface area (Å²) in [6.45, 7) is 8.34. The Bertz CT molecular complexity index is 1110. The number of rotatable bonds is 5. The van der Waals surface area contributed by atoms with Gasteiger partial charge in [-0.3, -0.25) is 4.98 Å². The number of hydrogen-bond acceptors (Lipinski definition) is 5. The zero-order valence-corrected chi connectivity index (χ0v) is 17.0. The largest absolute Gasteiger partial charge is 0.456 e. The maximum atomic E-state index is 5.98. The van der Waals surface area contributed by atoms with Crippen LogP contribution >= 0.6 is 0 Å². The Labute approximate surface area is 170 Å². The van der Waals surface area contributed by atoms with E-state index in [2.05, 4.69) is 72.3 Å². The van der Waals surface area contributed by atoms with Crippen molar-refractivity contribution in [1.82, 2.24) is 15.1 Å². The number of aromatic nitrogens is 3. The first-order valence-electron chi connectivity index (χ1n) is 9.53. The lowest BCUT2D eigenvalue weighted by atomic mass is 9.78. The molecule has 0 fully saturated rings. The fourth-order valence-corrected chi connectivity index (χ4v) is 3.22. The lowest BCUT2D eigenvalue weighted by Gasteiger charge is -2.26. The maximum absolute atomic E-state index is 5.98. The number of hydrogen-bond donors (Lipinski definition) is 0. The number of ether oxygens (including phenoxy) is 1. The number of nitrogens with zero attached hydrogens (tertiary/aromatic N) is 3. The van der Waals surface area contributed by atoms with Crippen LogP contribution in [0.2, 0.25) is 0 Å². The first-order valence-corrected chi connectivity index (χ1v) is 9.53. The summed E-state index contributed by atoms with van der Waals surface area (Å²) in [5.74, 6) is 2.37. The standard InChI is InChI=1S/C24H23N3O2/c1-16-5-7-19(8-6-16)24(3,4)20-9-11-21(12-10-20)28-22-13-18(14-25-15-22)23-26-17(2)27-29-23/h5-15H,1-4H3. The number of benzene rings is 2. The zero-order chi connectivity index (χ0) is 20.4. The van der Waals surface area contributed by atoms with Gasteiger partial charge in [-0.25, -0.2) is 0 Å². The van der Waals surface area contributed by atoms with Gasteiger partial charge in [-0.15, -0.1) is 0 Å². The van der Waals surface area contributed by atoms with Crippen LogP contribution in [0.5, 0.6) is 11.5 Å². The van der Waals surface area contributed by atoms with Crippen LogP contribution in [-0.2, 0) is 5.41 Å². The van der Waals surface area contributed by atoms with Crippen molar-refractivity contribution in [2.45, 2.75) is 33.1 Å². The molecular formula is C24H23N3O2. The smallest absolute Gasteiger partial charge is 0.259 e. The third-order valence-electron chi connectivity index (χ3n) is 5.07. The van der Waals surface area contributed by atoms with Crippen molar-refractivity contribution in [2.24, 2.45) is 0 Å². The predicted octanol–water partition coefficient (Wildman–Crippen LogP) is 5.87. The molecule has 0 unspecified atom stereocenters. The lowest BCUT2D eigenvalue weighted by Crippen LogP contribution is -2.18. The van der Waals surface area contributed by atoms with Gasteiger partial charge >= 0.3 is 0 Å². The molecule has 146 valence electrons. The third kappa shape index (κ3) is 4.04. The van der Waals surface area contributed by atoms with Crippen molar-refractivity contribution in [3.05, 3.63) is 89.5 Å². The van der Waals surface area contributed by atoms with Crippen molar-refractivity contribution >= 4 is 0 Å². The summed E-state index contributed by atoms with van der Waals surface area (Å²) in [7, 11) is 0. The molecule has 0 aliphatic heterocycles. The minimum absolute atomic E-state index is 0.0937. The highest BCUT2D eigenvalue weighted by atomic mass is 16.5. The molecule has 0 saturated carbocycles. The molecule has 0 radical (unpaired) electrons. The van der Waals surface area contributed by atoms with Crippen LogP contribution in [0.3, 0.4) is 0 Å². The van der Waals surface area contributed by atoms with Gasteiger partial charge in [-0.2, -0.15) is 4.98 Å². The number of pyridine rings is 1. The monoisotopic (exact) mass is 385 g/mol. The molecule has 0 atom stereocenters. The molecule has 0 N–H and O–H groups in total. The van der Waals surface area contributed by atoms with Crippen molar-refractivity contribution in [3.63, 3.8) is 0 Å². The highest BCUT2D eigenvalue weighted by Crippen LogP contribution is 2.33. The van der Waals surface area contributed by atoms with Gasteiger partial charge < -0.3 is 9.26 Å². The van der Waals surface area contributed by atoms with E-state index in [9.17, 15) is 0 Å². The van der Waals surface area contributed by atoms with Gasteiger partial charge in [-0.1, -0.05) is 61.0 Å². The van der Waals surface area contributed by atoms with Crippen LogP contribution in [0.15, 0.2) is 71.5 Å². The average Bonchev–Trinajstić information content (AvgIpc) is 3.15. The van der Waals surface area contributed by atoms with E-state index >= 15 is 0 Å². The van der Waals surface area contributed by atoms with Gasteiger partial charge in [0, 0.05) is 11.6 Å². The van der Waals surface area contributed by atoms with E-state index in [0.717, 1.165) is 11.3 Å². The molecule has 0 aliphatic rings. The summed E-state index contributed by atoms with van der Waals surface area (Å²) in [5.41, 5.74) is 4.40. The second-order valence-corrected chi connectivity index (χ2v) is 7.67. The average molecular weight is 385 g/mol. The molecule has 5 nitrogen and oxygen atoms in total. The topological polar surface area (TPSA) is 61.0 Å². The zero-order valence-electron chi connectivity index (χ0n) is 17.0. The summed E-state index contributed by atoms with van der Waals surface area (Å²) in [5, 5.41) is 3.81. The van der Waals surface area contributed by atoms with Gasteiger partial charge in [-0.05, 0) is 43.2 Å². The summed E-state index contributed by atoms with van der Waals surface area (Å²) in [4.78, 5) is 8.45. The Kier molecular flexibility index (Phi) is 4.89. The van der Waals surface area contributed by atoms with E-state index in [1.165, 1.54) is 16.7 Å².